The topological polar surface area (TPSA) is 31.2 Å². The van der Waals surface area contributed by atoms with Crippen LogP contribution in [-0.2, 0) is 0 Å². The molecule has 0 aliphatic heterocycles. The molecule has 0 amide bonds. The van der Waals surface area contributed by atoms with Crippen molar-refractivity contribution in [1.82, 2.24) is 8.68 Å². The summed E-state index contributed by atoms with van der Waals surface area (Å²) in [6.07, 6.45) is 4.06. The first-order valence-electron chi connectivity index (χ1n) is 10.2. The zero-order valence-corrected chi connectivity index (χ0v) is 24.3. The highest BCUT2D eigenvalue weighted by Crippen LogP contribution is 2.21. The van der Waals surface area contributed by atoms with Crippen molar-refractivity contribution in [3.05, 3.63) is 35.4 Å². The Hall–Kier alpha value is -0.972. The van der Waals surface area contributed by atoms with Gasteiger partial charge in [0.05, 0.1) is 12.4 Å². The van der Waals surface area contributed by atoms with Crippen molar-refractivity contribution in [3.63, 3.8) is 0 Å². The smallest absolute Gasteiger partial charge is 0.158 e. The molecule has 0 saturated heterocycles. The maximum atomic E-state index is 4.94. The van der Waals surface area contributed by atoms with Crippen LogP contribution in [0, 0.1) is 0 Å². The second kappa shape index (κ2) is 8.81. The van der Waals surface area contributed by atoms with E-state index in [2.05, 4.69) is 112 Å². The van der Waals surface area contributed by atoms with Crippen molar-refractivity contribution >= 4 is 45.4 Å². The van der Waals surface area contributed by atoms with Gasteiger partial charge in [-0.25, -0.2) is 10.2 Å². The van der Waals surface area contributed by atoms with E-state index in [-0.39, 0.29) is 0 Å². The van der Waals surface area contributed by atoms with Crippen LogP contribution in [0.25, 0.3) is 0 Å². The molecule has 0 atom stereocenters. The Morgan fingerprint density at radius 3 is 1.11 bits per heavy atom. The van der Waals surface area contributed by atoms with E-state index in [1.807, 2.05) is 12.4 Å². The van der Waals surface area contributed by atoms with Gasteiger partial charge < -0.3 is 8.68 Å². The van der Waals surface area contributed by atoms with Gasteiger partial charge in [0.25, 0.3) is 0 Å². The minimum Gasteiger partial charge on any atom is -0.350 e. The van der Waals surface area contributed by atoms with E-state index in [1.165, 1.54) is 0 Å². The van der Waals surface area contributed by atoms with E-state index >= 15 is 0 Å². The summed E-state index contributed by atoms with van der Waals surface area (Å²) in [6, 6.07) is 8.54. The van der Waals surface area contributed by atoms with Crippen LogP contribution in [-0.4, -0.2) is 54.1 Å². The quantitative estimate of drug-likeness (QED) is 0.264. The minimum absolute atomic E-state index is 1.14. The molecule has 0 unspecified atom stereocenters. The average Bonchev–Trinajstić information content (AvgIpc) is 2.42. The van der Waals surface area contributed by atoms with Crippen molar-refractivity contribution in [3.8, 4) is 0 Å². The van der Waals surface area contributed by atoms with Crippen LogP contribution in [0.1, 0.15) is 11.1 Å². The van der Waals surface area contributed by atoms with Gasteiger partial charge in [-0.3, -0.25) is 0 Å². The summed E-state index contributed by atoms with van der Waals surface area (Å²) in [5, 5.41) is 9.88. The predicted molar refractivity (Wildman–Crippen MR) is 139 cm³/mol. The molecular formula is C20H42N4Si4. The summed E-state index contributed by atoms with van der Waals surface area (Å²) in [6.45, 7) is 28.4. The van der Waals surface area contributed by atoms with Crippen LogP contribution < -0.4 is 0 Å². The molecule has 0 bridgehead atoms. The number of benzene rings is 1. The fourth-order valence-corrected chi connectivity index (χ4v) is 21.4. The SMILES string of the molecule is C[Si](C)(C)N(/N=C/c1cccc(/C=N/N([Si](C)(C)C)[Si](C)(C)C)c1)[Si](C)(C)C. The highest BCUT2D eigenvalue weighted by molar-refractivity contribution is 6.90. The second-order valence-corrected chi connectivity index (χ2v) is 31.4. The van der Waals surface area contributed by atoms with Crippen LogP contribution in [0.15, 0.2) is 34.5 Å². The Morgan fingerprint density at radius 1 is 0.571 bits per heavy atom. The van der Waals surface area contributed by atoms with Gasteiger partial charge in [-0.2, -0.15) is 0 Å². The van der Waals surface area contributed by atoms with Gasteiger partial charge in [0, 0.05) is 0 Å². The molecule has 0 radical (unpaired) electrons. The first-order chi connectivity index (χ1) is 12.4. The number of nitrogens with zero attached hydrogens (tertiary/aromatic N) is 4. The lowest BCUT2D eigenvalue weighted by molar-refractivity contribution is 0.671. The lowest BCUT2D eigenvalue weighted by Crippen LogP contribution is -2.55. The monoisotopic (exact) mass is 450 g/mol. The van der Waals surface area contributed by atoms with E-state index in [1.54, 1.807) is 0 Å². The number of hydrogen-bond donors (Lipinski definition) is 0. The van der Waals surface area contributed by atoms with E-state index in [0.29, 0.717) is 0 Å². The maximum absolute atomic E-state index is 4.94. The lowest BCUT2D eigenvalue weighted by atomic mass is 10.1. The summed E-state index contributed by atoms with van der Waals surface area (Å²) in [5.74, 6) is 0. The van der Waals surface area contributed by atoms with Gasteiger partial charge in [-0.1, -0.05) is 96.8 Å². The number of rotatable bonds is 8. The molecule has 158 valence electrons. The van der Waals surface area contributed by atoms with E-state index < -0.39 is 32.9 Å². The Kier molecular flexibility index (Phi) is 7.88. The van der Waals surface area contributed by atoms with Crippen molar-refractivity contribution in [2.45, 2.75) is 78.6 Å². The maximum Gasteiger partial charge on any atom is 0.158 e. The van der Waals surface area contributed by atoms with Gasteiger partial charge in [0.1, 0.15) is 0 Å². The zero-order chi connectivity index (χ0) is 22.0. The Balaban J connectivity index is 3.13. The molecule has 0 aromatic heterocycles. The molecule has 0 saturated carbocycles. The molecule has 0 aliphatic carbocycles. The molecule has 0 heterocycles. The van der Waals surface area contributed by atoms with Crippen molar-refractivity contribution in [2.24, 2.45) is 10.2 Å². The molecule has 8 heteroatoms. The van der Waals surface area contributed by atoms with Gasteiger partial charge >= 0.3 is 0 Å². The van der Waals surface area contributed by atoms with Crippen molar-refractivity contribution in [1.29, 1.82) is 0 Å². The van der Waals surface area contributed by atoms with E-state index in [9.17, 15) is 0 Å². The van der Waals surface area contributed by atoms with Gasteiger partial charge in [-0.05, 0) is 17.2 Å². The largest absolute Gasteiger partial charge is 0.350 e. The molecule has 0 fully saturated rings. The first kappa shape index (κ1) is 25.1. The first-order valence-corrected chi connectivity index (χ1v) is 24.0. The highest BCUT2D eigenvalue weighted by Gasteiger charge is 2.34. The average molecular weight is 451 g/mol. The van der Waals surface area contributed by atoms with Crippen LogP contribution >= 0.6 is 0 Å². The summed E-state index contributed by atoms with van der Waals surface area (Å²) in [7, 11) is -5.95. The number of hydrogen-bond acceptors (Lipinski definition) is 4. The van der Waals surface area contributed by atoms with Crippen molar-refractivity contribution < 1.29 is 0 Å². The molecular weight excluding hydrogens is 409 g/mol. The normalized spacial score (nSPS) is 14.1. The van der Waals surface area contributed by atoms with E-state index in [4.69, 9.17) is 10.2 Å². The highest BCUT2D eigenvalue weighted by atomic mass is 28.4. The summed E-state index contributed by atoms with van der Waals surface area (Å²) >= 11 is 0. The summed E-state index contributed by atoms with van der Waals surface area (Å²) in [5.41, 5.74) is 2.27. The molecule has 1 rings (SSSR count). The van der Waals surface area contributed by atoms with Crippen LogP contribution in [0.3, 0.4) is 0 Å². The molecule has 1 aromatic rings. The number of hydrazone groups is 2. The molecule has 1 aromatic carbocycles. The van der Waals surface area contributed by atoms with Crippen molar-refractivity contribution in [2.75, 3.05) is 0 Å². The molecule has 28 heavy (non-hydrogen) atoms. The molecule has 0 spiro atoms. The van der Waals surface area contributed by atoms with E-state index in [0.717, 1.165) is 11.1 Å². The lowest BCUT2D eigenvalue weighted by Gasteiger charge is -2.41. The van der Waals surface area contributed by atoms with Crippen LogP contribution in [0.4, 0.5) is 0 Å². The van der Waals surface area contributed by atoms with Gasteiger partial charge in [-0.15, -0.1) is 0 Å². The third-order valence-electron chi connectivity index (χ3n) is 4.10. The fraction of sp³-hybridized carbons (Fsp3) is 0.600. The van der Waals surface area contributed by atoms with Gasteiger partial charge in [0.2, 0.25) is 0 Å². The predicted octanol–water partition coefficient (Wildman–Crippen LogP) is 6.30. The molecule has 0 aliphatic rings. The third kappa shape index (κ3) is 7.80. The van der Waals surface area contributed by atoms with Crippen LogP contribution in [0.2, 0.25) is 78.6 Å². The third-order valence-corrected chi connectivity index (χ3v) is 17.7. The zero-order valence-electron chi connectivity index (χ0n) is 20.3. The Morgan fingerprint density at radius 2 is 0.857 bits per heavy atom. The standard InChI is InChI=1S/C20H42N4Si4/c1-25(2,3)23(26(4,5)6)21-17-19-14-13-15-20(16-19)18-22-24(27(7,8)9)28(10,11)12/h13-18H,1-12H3/b21-17+,22-18+. The second-order valence-electron chi connectivity index (χ2n) is 11.5. The van der Waals surface area contributed by atoms with Crippen LogP contribution in [0.5, 0.6) is 0 Å². The fourth-order valence-electron chi connectivity index (χ4n) is 3.67. The minimum atomic E-state index is -1.49. The summed E-state index contributed by atoms with van der Waals surface area (Å²) in [4.78, 5) is 0. The Labute approximate surface area is 178 Å². The summed E-state index contributed by atoms with van der Waals surface area (Å²) < 4.78 is 4.89. The Bertz CT molecular complexity index is 619. The molecule has 4 nitrogen and oxygen atoms in total. The van der Waals surface area contributed by atoms with Gasteiger partial charge in [0.15, 0.2) is 32.9 Å². The molecule has 0 N–H and O–H groups in total.